The standard InChI is InChI=1S/C29H32N4O.H2O/c1-21-27(17-22-8-10-25(11-9-22)29(30)34)26-6-2-3-7-28(26)33(21)20-23-12-15-32(16-13-23)19-24-5-4-14-31-18-24;/h2-11,14,18,23H,12-13,15-17,19-20H2,1H3,(H2,30,34);1H2. The first-order valence-electron chi connectivity index (χ1n) is 12.1. The number of likely N-dealkylation sites (tertiary alicyclic amines) is 1. The Labute approximate surface area is 206 Å². The molecule has 2 aromatic carbocycles. The molecule has 0 bridgehead atoms. The van der Waals surface area contributed by atoms with Crippen LogP contribution in [0.3, 0.4) is 0 Å². The maximum absolute atomic E-state index is 11.4. The number of primary amides is 1. The molecule has 0 atom stereocenters. The lowest BCUT2D eigenvalue weighted by atomic mass is 9.96. The maximum atomic E-state index is 11.4. The zero-order valence-electron chi connectivity index (χ0n) is 20.3. The van der Waals surface area contributed by atoms with Gasteiger partial charge in [0.05, 0.1) is 0 Å². The Balaban J connectivity index is 0.00000289. The van der Waals surface area contributed by atoms with Crippen molar-refractivity contribution in [2.45, 2.75) is 39.3 Å². The lowest BCUT2D eigenvalue weighted by Crippen LogP contribution is -2.34. The van der Waals surface area contributed by atoms with E-state index in [4.69, 9.17) is 5.73 Å². The number of hydrogen-bond acceptors (Lipinski definition) is 3. The van der Waals surface area contributed by atoms with Crippen molar-refractivity contribution in [3.8, 4) is 0 Å². The van der Waals surface area contributed by atoms with Crippen molar-refractivity contribution < 1.29 is 10.3 Å². The van der Waals surface area contributed by atoms with Crippen LogP contribution in [0.25, 0.3) is 10.9 Å². The number of para-hydroxylation sites is 1. The molecule has 6 heteroatoms. The summed E-state index contributed by atoms with van der Waals surface area (Å²) in [6.07, 6.45) is 7.10. The van der Waals surface area contributed by atoms with Crippen molar-refractivity contribution in [3.05, 3.63) is 101 Å². The van der Waals surface area contributed by atoms with Gasteiger partial charge in [-0.25, -0.2) is 0 Å². The minimum Gasteiger partial charge on any atom is -0.412 e. The van der Waals surface area contributed by atoms with E-state index in [0.717, 1.165) is 32.6 Å². The summed E-state index contributed by atoms with van der Waals surface area (Å²) in [6, 6.07) is 20.6. The third kappa shape index (κ3) is 5.45. The molecule has 182 valence electrons. The molecule has 4 N–H and O–H groups in total. The van der Waals surface area contributed by atoms with Crippen LogP contribution in [0.2, 0.25) is 0 Å². The molecular formula is C29H34N4O2. The minimum absolute atomic E-state index is 0. The summed E-state index contributed by atoms with van der Waals surface area (Å²) >= 11 is 0. The number of pyridine rings is 1. The largest absolute Gasteiger partial charge is 0.412 e. The fraction of sp³-hybridized carbons (Fsp3) is 0.310. The van der Waals surface area contributed by atoms with E-state index in [0.29, 0.717) is 11.5 Å². The topological polar surface area (TPSA) is 95.7 Å². The average molecular weight is 471 g/mol. The Hall–Kier alpha value is -3.48. The average Bonchev–Trinajstić information content (AvgIpc) is 3.12. The van der Waals surface area contributed by atoms with E-state index < -0.39 is 0 Å². The number of amides is 1. The molecule has 0 radical (unpaired) electrons. The first-order chi connectivity index (χ1) is 16.6. The van der Waals surface area contributed by atoms with Gasteiger partial charge in [-0.3, -0.25) is 14.7 Å². The molecule has 1 amide bonds. The van der Waals surface area contributed by atoms with Gasteiger partial charge in [0.15, 0.2) is 0 Å². The summed E-state index contributed by atoms with van der Waals surface area (Å²) in [5.74, 6) is 0.299. The normalized spacial score (nSPS) is 14.7. The third-order valence-electron chi connectivity index (χ3n) is 7.26. The van der Waals surface area contributed by atoms with Crippen LogP contribution < -0.4 is 5.73 Å². The highest BCUT2D eigenvalue weighted by Crippen LogP contribution is 2.31. The van der Waals surface area contributed by atoms with Crippen LogP contribution in [0.15, 0.2) is 73.1 Å². The van der Waals surface area contributed by atoms with E-state index in [1.54, 1.807) is 0 Å². The number of fused-ring (bicyclic) bond motifs is 1. The molecule has 0 unspecified atom stereocenters. The molecule has 3 heterocycles. The Kier molecular flexibility index (Phi) is 7.63. The van der Waals surface area contributed by atoms with Gasteiger partial charge in [0.1, 0.15) is 0 Å². The Morgan fingerprint density at radius 1 is 1.00 bits per heavy atom. The fourth-order valence-electron chi connectivity index (χ4n) is 5.29. The second kappa shape index (κ2) is 10.8. The van der Waals surface area contributed by atoms with Gasteiger partial charge < -0.3 is 15.8 Å². The molecule has 0 saturated carbocycles. The van der Waals surface area contributed by atoms with Crippen LogP contribution in [0.4, 0.5) is 0 Å². The number of aromatic nitrogens is 2. The highest BCUT2D eigenvalue weighted by molar-refractivity contribution is 5.92. The van der Waals surface area contributed by atoms with Crippen molar-refractivity contribution >= 4 is 16.8 Å². The van der Waals surface area contributed by atoms with E-state index in [1.165, 1.54) is 46.1 Å². The molecule has 1 saturated heterocycles. The predicted octanol–water partition coefficient (Wildman–Crippen LogP) is 4.12. The predicted molar refractivity (Wildman–Crippen MR) is 140 cm³/mol. The zero-order valence-corrected chi connectivity index (χ0v) is 20.3. The molecule has 1 aliphatic heterocycles. The number of piperidine rings is 1. The number of hydrogen-bond donors (Lipinski definition) is 1. The highest BCUT2D eigenvalue weighted by Gasteiger charge is 2.22. The van der Waals surface area contributed by atoms with Crippen LogP contribution in [0.5, 0.6) is 0 Å². The van der Waals surface area contributed by atoms with Gasteiger partial charge in [0, 0.05) is 47.6 Å². The summed E-state index contributed by atoms with van der Waals surface area (Å²) in [5, 5.41) is 1.33. The van der Waals surface area contributed by atoms with Crippen LogP contribution in [-0.4, -0.2) is 38.9 Å². The number of rotatable bonds is 7. The third-order valence-corrected chi connectivity index (χ3v) is 7.26. The number of nitrogens with two attached hydrogens (primary N) is 1. The number of benzene rings is 2. The number of nitrogens with zero attached hydrogens (tertiary/aromatic N) is 3. The number of carbonyl (C=O) groups excluding carboxylic acids is 1. The van der Waals surface area contributed by atoms with E-state index in [-0.39, 0.29) is 11.4 Å². The minimum atomic E-state index is -0.384. The lowest BCUT2D eigenvalue weighted by molar-refractivity contribution is 0.100. The summed E-state index contributed by atoms with van der Waals surface area (Å²) in [5.41, 5.74) is 12.5. The molecule has 0 spiro atoms. The van der Waals surface area contributed by atoms with E-state index in [9.17, 15) is 4.79 Å². The van der Waals surface area contributed by atoms with Crippen molar-refractivity contribution in [1.82, 2.24) is 14.5 Å². The first-order valence-corrected chi connectivity index (χ1v) is 12.1. The molecule has 2 aromatic heterocycles. The molecule has 4 aromatic rings. The van der Waals surface area contributed by atoms with Crippen LogP contribution in [-0.2, 0) is 19.5 Å². The second-order valence-electron chi connectivity index (χ2n) is 9.51. The van der Waals surface area contributed by atoms with Gasteiger partial charge in [0.2, 0.25) is 5.91 Å². The van der Waals surface area contributed by atoms with Gasteiger partial charge >= 0.3 is 0 Å². The molecule has 5 rings (SSSR count). The summed E-state index contributed by atoms with van der Waals surface area (Å²) in [7, 11) is 0. The molecule has 1 fully saturated rings. The van der Waals surface area contributed by atoms with Gasteiger partial charge in [-0.1, -0.05) is 36.4 Å². The van der Waals surface area contributed by atoms with E-state index >= 15 is 0 Å². The van der Waals surface area contributed by atoms with Crippen molar-refractivity contribution in [2.24, 2.45) is 11.7 Å². The fourth-order valence-corrected chi connectivity index (χ4v) is 5.29. The molecule has 35 heavy (non-hydrogen) atoms. The van der Waals surface area contributed by atoms with Gasteiger partial charge in [-0.15, -0.1) is 0 Å². The monoisotopic (exact) mass is 470 g/mol. The van der Waals surface area contributed by atoms with Gasteiger partial charge in [0.25, 0.3) is 0 Å². The van der Waals surface area contributed by atoms with Crippen LogP contribution in [0.1, 0.15) is 45.6 Å². The van der Waals surface area contributed by atoms with Crippen molar-refractivity contribution in [2.75, 3.05) is 13.1 Å². The Morgan fingerprint density at radius 3 is 2.43 bits per heavy atom. The van der Waals surface area contributed by atoms with E-state index in [1.807, 2.05) is 42.7 Å². The smallest absolute Gasteiger partial charge is 0.248 e. The van der Waals surface area contributed by atoms with Gasteiger partial charge in [-0.05, 0) is 86.1 Å². The summed E-state index contributed by atoms with van der Waals surface area (Å²) in [6.45, 7) is 6.58. The lowest BCUT2D eigenvalue weighted by Gasteiger charge is -2.32. The van der Waals surface area contributed by atoms with Gasteiger partial charge in [-0.2, -0.15) is 0 Å². The van der Waals surface area contributed by atoms with Crippen molar-refractivity contribution in [3.63, 3.8) is 0 Å². The zero-order chi connectivity index (χ0) is 23.5. The second-order valence-corrected chi connectivity index (χ2v) is 9.51. The molecule has 1 aliphatic rings. The Morgan fingerprint density at radius 2 is 1.74 bits per heavy atom. The Bertz CT molecular complexity index is 1270. The number of carbonyl (C=O) groups is 1. The molecule has 6 nitrogen and oxygen atoms in total. The molecule has 0 aliphatic carbocycles. The highest BCUT2D eigenvalue weighted by atomic mass is 16.1. The SMILES string of the molecule is Cc1c(Cc2ccc(C(N)=O)cc2)c2ccccc2n1CC1CCN(Cc2cccnc2)CC1.O. The molecular weight excluding hydrogens is 436 g/mol. The quantitative estimate of drug-likeness (QED) is 0.440. The summed E-state index contributed by atoms with van der Waals surface area (Å²) in [4.78, 5) is 18.2. The first kappa shape index (κ1) is 24.6. The van der Waals surface area contributed by atoms with Crippen molar-refractivity contribution in [1.29, 1.82) is 0 Å². The van der Waals surface area contributed by atoms with Crippen LogP contribution >= 0.6 is 0 Å². The van der Waals surface area contributed by atoms with Crippen LogP contribution in [0, 0.1) is 12.8 Å². The maximum Gasteiger partial charge on any atom is 0.248 e. The summed E-state index contributed by atoms with van der Waals surface area (Å²) < 4.78 is 2.53. The van der Waals surface area contributed by atoms with E-state index in [2.05, 4.69) is 51.7 Å².